The summed E-state index contributed by atoms with van der Waals surface area (Å²) in [6.45, 7) is 9.76. The molecule has 1 aliphatic rings. The van der Waals surface area contributed by atoms with Gasteiger partial charge in [0.1, 0.15) is 0 Å². The molecule has 1 aliphatic heterocycles. The van der Waals surface area contributed by atoms with E-state index in [4.69, 9.17) is 10.5 Å². The molecular formula is C18H29N3O2. The molecule has 0 spiro atoms. The molecule has 0 aliphatic carbocycles. The van der Waals surface area contributed by atoms with Crippen molar-refractivity contribution in [2.45, 2.75) is 39.3 Å². The van der Waals surface area contributed by atoms with Crippen LogP contribution in [0.3, 0.4) is 0 Å². The lowest BCUT2D eigenvalue weighted by Gasteiger charge is -2.32. The lowest BCUT2D eigenvalue weighted by atomic mass is 9.99. The highest BCUT2D eigenvalue weighted by Gasteiger charge is 2.20. The van der Waals surface area contributed by atoms with Crippen LogP contribution in [0.15, 0.2) is 24.3 Å². The van der Waals surface area contributed by atoms with Gasteiger partial charge < -0.3 is 15.8 Å². The van der Waals surface area contributed by atoms with Gasteiger partial charge in [-0.3, -0.25) is 9.69 Å². The maximum Gasteiger partial charge on any atom is 0.241 e. The predicted octanol–water partition coefficient (Wildman–Crippen LogP) is 2.39. The van der Waals surface area contributed by atoms with Gasteiger partial charge in [0.15, 0.2) is 0 Å². The molecule has 1 aromatic rings. The number of nitrogens with zero attached hydrogens (tertiary/aromatic N) is 1. The normalized spacial score (nSPS) is 19.8. The van der Waals surface area contributed by atoms with Gasteiger partial charge in [-0.1, -0.05) is 32.4 Å². The van der Waals surface area contributed by atoms with Crippen molar-refractivity contribution >= 4 is 11.6 Å². The van der Waals surface area contributed by atoms with Crippen molar-refractivity contribution in [1.29, 1.82) is 0 Å². The number of hydrogen-bond donors (Lipinski definition) is 2. The zero-order valence-electron chi connectivity index (χ0n) is 14.4. The van der Waals surface area contributed by atoms with Crippen molar-refractivity contribution in [3.63, 3.8) is 0 Å². The Morgan fingerprint density at radius 1 is 1.26 bits per heavy atom. The second kappa shape index (κ2) is 8.43. The number of nitrogens with two attached hydrogens (primary N) is 1. The molecule has 5 nitrogen and oxygen atoms in total. The fourth-order valence-corrected chi connectivity index (χ4v) is 2.76. The van der Waals surface area contributed by atoms with Crippen LogP contribution in [0.1, 0.15) is 38.8 Å². The van der Waals surface area contributed by atoms with E-state index in [-0.39, 0.29) is 11.8 Å². The highest BCUT2D eigenvalue weighted by Crippen LogP contribution is 2.23. The molecule has 1 aromatic carbocycles. The number of rotatable bonds is 6. The van der Waals surface area contributed by atoms with Crippen molar-refractivity contribution < 1.29 is 9.53 Å². The number of carbonyl (C=O) groups is 1. The fraction of sp³-hybridized carbons (Fsp3) is 0.611. The molecule has 0 saturated carbocycles. The quantitative estimate of drug-likeness (QED) is 0.845. The largest absolute Gasteiger partial charge is 0.379 e. The van der Waals surface area contributed by atoms with Crippen LogP contribution in [0.4, 0.5) is 5.69 Å². The summed E-state index contributed by atoms with van der Waals surface area (Å²) < 4.78 is 5.40. The Balaban J connectivity index is 1.95. The fourth-order valence-electron chi connectivity index (χ4n) is 2.76. The van der Waals surface area contributed by atoms with Gasteiger partial charge in [-0.05, 0) is 30.5 Å². The lowest BCUT2D eigenvalue weighted by molar-refractivity contribution is -0.118. The van der Waals surface area contributed by atoms with E-state index in [0.29, 0.717) is 6.04 Å². The van der Waals surface area contributed by atoms with E-state index >= 15 is 0 Å². The van der Waals surface area contributed by atoms with Gasteiger partial charge >= 0.3 is 0 Å². The molecule has 0 aromatic heterocycles. The van der Waals surface area contributed by atoms with Gasteiger partial charge in [-0.25, -0.2) is 0 Å². The van der Waals surface area contributed by atoms with Gasteiger partial charge in [0.2, 0.25) is 5.91 Å². The minimum absolute atomic E-state index is 0.117. The number of benzene rings is 1. The Labute approximate surface area is 139 Å². The number of hydrogen-bond acceptors (Lipinski definition) is 4. The Kier molecular flexibility index (Phi) is 6.57. The first-order valence-corrected chi connectivity index (χ1v) is 8.51. The SMILES string of the molecule is CCC(C)C(N)C(=O)Nc1ccc(C(C)N2CCOCC2)cc1. The van der Waals surface area contributed by atoms with E-state index in [0.717, 1.165) is 38.4 Å². The third kappa shape index (κ3) is 4.77. The van der Waals surface area contributed by atoms with Crippen LogP contribution in [0.25, 0.3) is 0 Å². The summed E-state index contributed by atoms with van der Waals surface area (Å²) in [7, 11) is 0. The van der Waals surface area contributed by atoms with E-state index < -0.39 is 6.04 Å². The van der Waals surface area contributed by atoms with Gasteiger partial charge in [0.25, 0.3) is 0 Å². The Morgan fingerprint density at radius 3 is 2.43 bits per heavy atom. The van der Waals surface area contributed by atoms with Crippen LogP contribution in [0, 0.1) is 5.92 Å². The molecule has 23 heavy (non-hydrogen) atoms. The average Bonchev–Trinajstić information content (AvgIpc) is 2.61. The third-order valence-electron chi connectivity index (χ3n) is 4.81. The number of carbonyl (C=O) groups excluding carboxylic acids is 1. The smallest absolute Gasteiger partial charge is 0.241 e. The first-order chi connectivity index (χ1) is 11.0. The highest BCUT2D eigenvalue weighted by molar-refractivity contribution is 5.94. The molecular weight excluding hydrogens is 290 g/mol. The Hall–Kier alpha value is -1.43. The Bertz CT molecular complexity index is 497. The minimum atomic E-state index is -0.466. The summed E-state index contributed by atoms with van der Waals surface area (Å²) in [6, 6.07) is 7.94. The molecule has 1 heterocycles. The molecule has 0 bridgehead atoms. The van der Waals surface area contributed by atoms with Crippen LogP contribution < -0.4 is 11.1 Å². The van der Waals surface area contributed by atoms with Gasteiger partial charge in [0, 0.05) is 24.8 Å². The molecule has 3 atom stereocenters. The van der Waals surface area contributed by atoms with E-state index in [9.17, 15) is 4.79 Å². The zero-order valence-corrected chi connectivity index (χ0v) is 14.4. The number of ether oxygens (including phenoxy) is 1. The molecule has 2 rings (SSSR count). The van der Waals surface area contributed by atoms with E-state index in [1.807, 2.05) is 26.0 Å². The average molecular weight is 319 g/mol. The first-order valence-electron chi connectivity index (χ1n) is 8.51. The van der Waals surface area contributed by atoms with E-state index in [1.54, 1.807) is 0 Å². The van der Waals surface area contributed by atoms with Crippen molar-refractivity contribution in [3.05, 3.63) is 29.8 Å². The Morgan fingerprint density at radius 2 is 1.87 bits per heavy atom. The first kappa shape index (κ1) is 17.9. The number of nitrogens with one attached hydrogen (secondary N) is 1. The number of anilines is 1. The molecule has 128 valence electrons. The van der Waals surface area contributed by atoms with Crippen LogP contribution in [0.5, 0.6) is 0 Å². The molecule has 3 N–H and O–H groups in total. The molecule has 3 unspecified atom stereocenters. The second-order valence-electron chi connectivity index (χ2n) is 6.35. The maximum atomic E-state index is 12.1. The van der Waals surface area contributed by atoms with Crippen molar-refractivity contribution in [2.24, 2.45) is 11.7 Å². The summed E-state index contributed by atoms with van der Waals surface area (Å²) in [4.78, 5) is 14.5. The number of amides is 1. The minimum Gasteiger partial charge on any atom is -0.379 e. The van der Waals surface area contributed by atoms with Gasteiger partial charge in [-0.15, -0.1) is 0 Å². The summed E-state index contributed by atoms with van der Waals surface area (Å²) in [5.41, 5.74) is 8.01. The van der Waals surface area contributed by atoms with E-state index in [1.165, 1.54) is 5.56 Å². The maximum absolute atomic E-state index is 12.1. The molecule has 5 heteroatoms. The summed E-state index contributed by atoms with van der Waals surface area (Å²) >= 11 is 0. The monoisotopic (exact) mass is 319 g/mol. The van der Waals surface area contributed by atoms with Gasteiger partial charge in [0.05, 0.1) is 19.3 Å². The van der Waals surface area contributed by atoms with Crippen LogP contribution >= 0.6 is 0 Å². The summed E-state index contributed by atoms with van der Waals surface area (Å²) in [5.74, 6) is 0.0592. The van der Waals surface area contributed by atoms with Crippen molar-refractivity contribution in [2.75, 3.05) is 31.6 Å². The van der Waals surface area contributed by atoms with Gasteiger partial charge in [-0.2, -0.15) is 0 Å². The third-order valence-corrected chi connectivity index (χ3v) is 4.81. The van der Waals surface area contributed by atoms with Crippen LogP contribution in [-0.4, -0.2) is 43.2 Å². The van der Waals surface area contributed by atoms with Crippen LogP contribution in [0.2, 0.25) is 0 Å². The molecule has 1 saturated heterocycles. The van der Waals surface area contributed by atoms with Crippen LogP contribution in [-0.2, 0) is 9.53 Å². The topological polar surface area (TPSA) is 67.6 Å². The zero-order chi connectivity index (χ0) is 16.8. The molecule has 1 amide bonds. The number of morpholine rings is 1. The van der Waals surface area contributed by atoms with E-state index in [2.05, 4.69) is 29.3 Å². The summed E-state index contributed by atoms with van der Waals surface area (Å²) in [6.07, 6.45) is 0.893. The summed E-state index contributed by atoms with van der Waals surface area (Å²) in [5, 5.41) is 2.91. The second-order valence-corrected chi connectivity index (χ2v) is 6.35. The molecule has 1 fully saturated rings. The standard InChI is InChI=1S/C18H29N3O2/c1-4-13(2)17(19)18(22)20-16-7-5-15(6-8-16)14(3)21-9-11-23-12-10-21/h5-8,13-14,17H,4,9-12,19H2,1-3H3,(H,20,22). The lowest BCUT2D eigenvalue weighted by Crippen LogP contribution is -2.40. The predicted molar refractivity (Wildman–Crippen MR) is 93.3 cm³/mol. The van der Waals surface area contributed by atoms with Crippen molar-refractivity contribution in [3.8, 4) is 0 Å². The van der Waals surface area contributed by atoms with Crippen molar-refractivity contribution in [1.82, 2.24) is 4.90 Å². The highest BCUT2D eigenvalue weighted by atomic mass is 16.5. The molecule has 0 radical (unpaired) electrons.